The van der Waals surface area contributed by atoms with Crippen molar-refractivity contribution in [3.8, 4) is 28.6 Å². The van der Waals surface area contributed by atoms with Gasteiger partial charge in [-0.1, -0.05) is 0 Å². The van der Waals surface area contributed by atoms with Gasteiger partial charge in [-0.15, -0.1) is 0 Å². The minimum Gasteiger partial charge on any atom is -0.503 e. The molecule has 0 amide bonds. The van der Waals surface area contributed by atoms with Crippen LogP contribution in [0.5, 0.6) is 17.2 Å². The van der Waals surface area contributed by atoms with Crippen LogP contribution in [0.25, 0.3) is 11.4 Å². The maximum absolute atomic E-state index is 9.89. The molecule has 0 fully saturated rings. The summed E-state index contributed by atoms with van der Waals surface area (Å²) in [7, 11) is 3.09. The van der Waals surface area contributed by atoms with Crippen molar-refractivity contribution in [1.29, 1.82) is 0 Å². The molecule has 0 aliphatic rings. The van der Waals surface area contributed by atoms with Gasteiger partial charge in [0.1, 0.15) is 5.75 Å². The first-order valence-electron chi connectivity index (χ1n) is 7.46. The molecule has 3 rings (SSSR count). The third kappa shape index (κ3) is 3.63. The van der Waals surface area contributed by atoms with Crippen LogP contribution in [-0.2, 0) is 0 Å². The van der Waals surface area contributed by atoms with E-state index < -0.39 is 0 Å². The van der Waals surface area contributed by atoms with Gasteiger partial charge in [-0.2, -0.15) is 14.9 Å². The highest BCUT2D eigenvalue weighted by Gasteiger charge is 2.10. The number of hydrogen-bond donors (Lipinski definition) is 2. The topological polar surface area (TPSA) is 84.7 Å². The molecule has 0 saturated heterocycles. The molecule has 0 aliphatic carbocycles. The Balaban J connectivity index is 1.98. The molecule has 7 nitrogen and oxygen atoms in total. The number of ether oxygens (including phenoxy) is 2. The van der Waals surface area contributed by atoms with Crippen molar-refractivity contribution in [3.05, 3.63) is 51.2 Å². The zero-order chi connectivity index (χ0) is 18.7. The zero-order valence-corrected chi connectivity index (χ0v) is 16.3. The highest BCUT2D eigenvalue weighted by molar-refractivity contribution is 9.10. The Labute approximate surface area is 163 Å². The van der Waals surface area contributed by atoms with Gasteiger partial charge in [-0.25, -0.2) is 5.10 Å². The van der Waals surface area contributed by atoms with Gasteiger partial charge < -0.3 is 14.6 Å². The monoisotopic (exact) mass is 434 g/mol. The molecule has 0 atom stereocenters. The smallest absolute Gasteiger partial charge is 0.216 e. The summed E-state index contributed by atoms with van der Waals surface area (Å²) < 4.78 is 12.7. The van der Waals surface area contributed by atoms with Crippen LogP contribution in [0.2, 0.25) is 0 Å². The summed E-state index contributed by atoms with van der Waals surface area (Å²) >= 11 is 8.55. The summed E-state index contributed by atoms with van der Waals surface area (Å²) in [5.74, 6) is 1.69. The fraction of sp³-hybridized carbons (Fsp3) is 0.118. The molecular formula is C17H15BrN4O3S. The lowest BCUT2D eigenvalue weighted by Gasteiger charge is -2.06. The van der Waals surface area contributed by atoms with Crippen LogP contribution in [0.3, 0.4) is 0 Å². The second-order valence-electron chi connectivity index (χ2n) is 5.19. The first kappa shape index (κ1) is 18.2. The number of aromatic hydroxyl groups is 1. The number of phenols is 1. The maximum atomic E-state index is 9.89. The van der Waals surface area contributed by atoms with Crippen molar-refractivity contribution in [1.82, 2.24) is 14.9 Å². The normalized spacial score (nSPS) is 11.0. The second-order valence-corrected chi connectivity index (χ2v) is 6.43. The lowest BCUT2D eigenvalue weighted by molar-refractivity contribution is 0.372. The molecule has 9 heteroatoms. The quantitative estimate of drug-likeness (QED) is 0.468. The third-order valence-electron chi connectivity index (χ3n) is 3.59. The minimum absolute atomic E-state index is 0.0310. The van der Waals surface area contributed by atoms with Gasteiger partial charge in [-0.05, 0) is 70.1 Å². The van der Waals surface area contributed by atoms with Crippen molar-refractivity contribution >= 4 is 34.4 Å². The SMILES string of the molecule is COc1ccc(-c2n[nH]c(=S)n2N=Cc2cc(Br)c(O)c(OC)c2)cc1. The average Bonchev–Trinajstić information content (AvgIpc) is 3.03. The number of aromatic amines is 1. The van der Waals surface area contributed by atoms with E-state index in [-0.39, 0.29) is 5.75 Å². The number of H-pyrrole nitrogens is 1. The van der Waals surface area contributed by atoms with E-state index in [1.807, 2.05) is 24.3 Å². The van der Waals surface area contributed by atoms with Gasteiger partial charge >= 0.3 is 0 Å². The van der Waals surface area contributed by atoms with E-state index in [1.165, 1.54) is 11.8 Å². The van der Waals surface area contributed by atoms with E-state index >= 15 is 0 Å². The predicted molar refractivity (Wildman–Crippen MR) is 105 cm³/mol. The lowest BCUT2D eigenvalue weighted by atomic mass is 10.2. The standard InChI is InChI=1S/C17H15BrN4O3S/c1-24-12-5-3-11(4-6-12)16-20-21-17(26)22(16)19-9-10-7-13(18)15(23)14(8-10)25-2/h3-9,23H,1-2H3,(H,21,26). The summed E-state index contributed by atoms with van der Waals surface area (Å²) in [4.78, 5) is 0. The molecule has 0 aliphatic heterocycles. The predicted octanol–water partition coefficient (Wildman–Crippen LogP) is 3.98. The van der Waals surface area contributed by atoms with Crippen LogP contribution in [0.1, 0.15) is 5.56 Å². The molecule has 1 aromatic heterocycles. The third-order valence-corrected chi connectivity index (χ3v) is 4.46. The molecule has 26 heavy (non-hydrogen) atoms. The zero-order valence-electron chi connectivity index (χ0n) is 13.9. The first-order chi connectivity index (χ1) is 12.5. The molecule has 1 heterocycles. The molecule has 2 aromatic carbocycles. The van der Waals surface area contributed by atoms with E-state index in [0.29, 0.717) is 20.8 Å². The van der Waals surface area contributed by atoms with Crippen LogP contribution in [-0.4, -0.2) is 40.4 Å². The Kier molecular flexibility index (Phi) is 5.38. The fourth-order valence-corrected chi connectivity index (χ4v) is 2.91. The largest absolute Gasteiger partial charge is 0.503 e. The number of benzene rings is 2. The van der Waals surface area contributed by atoms with Gasteiger partial charge in [0.2, 0.25) is 4.77 Å². The maximum Gasteiger partial charge on any atom is 0.216 e. The Morgan fingerprint density at radius 3 is 2.62 bits per heavy atom. The summed E-state index contributed by atoms with van der Waals surface area (Å²) in [6, 6.07) is 10.8. The van der Waals surface area contributed by atoms with Gasteiger partial charge in [-0.3, -0.25) is 0 Å². The molecule has 0 spiro atoms. The number of nitrogens with one attached hydrogen (secondary N) is 1. The van der Waals surface area contributed by atoms with E-state index in [0.717, 1.165) is 16.9 Å². The van der Waals surface area contributed by atoms with Gasteiger partial charge in [0.25, 0.3) is 0 Å². The number of methoxy groups -OCH3 is 2. The van der Waals surface area contributed by atoms with Crippen molar-refractivity contribution in [2.24, 2.45) is 5.10 Å². The highest BCUT2D eigenvalue weighted by Crippen LogP contribution is 2.34. The van der Waals surface area contributed by atoms with Crippen molar-refractivity contribution in [2.75, 3.05) is 14.2 Å². The number of halogens is 1. The van der Waals surface area contributed by atoms with Crippen LogP contribution in [0, 0.1) is 4.77 Å². The summed E-state index contributed by atoms with van der Waals surface area (Å²) in [6.45, 7) is 0. The van der Waals surface area contributed by atoms with E-state index in [4.69, 9.17) is 21.7 Å². The molecule has 134 valence electrons. The summed E-state index contributed by atoms with van der Waals surface area (Å²) in [6.07, 6.45) is 1.60. The van der Waals surface area contributed by atoms with Gasteiger partial charge in [0.15, 0.2) is 17.3 Å². The average molecular weight is 435 g/mol. The van der Waals surface area contributed by atoms with Crippen molar-refractivity contribution in [3.63, 3.8) is 0 Å². The second kappa shape index (κ2) is 7.71. The Morgan fingerprint density at radius 1 is 1.23 bits per heavy atom. The Morgan fingerprint density at radius 2 is 1.96 bits per heavy atom. The van der Waals surface area contributed by atoms with E-state index in [9.17, 15) is 5.11 Å². The summed E-state index contributed by atoms with van der Waals surface area (Å²) in [5, 5.41) is 21.3. The summed E-state index contributed by atoms with van der Waals surface area (Å²) in [5.41, 5.74) is 1.55. The molecule has 0 radical (unpaired) electrons. The number of nitrogens with zero attached hydrogens (tertiary/aromatic N) is 3. The van der Waals surface area contributed by atoms with Crippen LogP contribution < -0.4 is 9.47 Å². The van der Waals surface area contributed by atoms with E-state index in [1.54, 1.807) is 25.5 Å². The number of hydrogen-bond acceptors (Lipinski definition) is 6. The van der Waals surface area contributed by atoms with Crippen LogP contribution in [0.4, 0.5) is 0 Å². The Bertz CT molecular complexity index is 1010. The number of aromatic nitrogens is 3. The number of phenolic OH excluding ortho intramolecular Hbond substituents is 1. The molecule has 0 bridgehead atoms. The highest BCUT2D eigenvalue weighted by atomic mass is 79.9. The van der Waals surface area contributed by atoms with Gasteiger partial charge in [0, 0.05) is 5.56 Å². The minimum atomic E-state index is 0.0310. The van der Waals surface area contributed by atoms with Crippen molar-refractivity contribution in [2.45, 2.75) is 0 Å². The molecular weight excluding hydrogens is 420 g/mol. The lowest BCUT2D eigenvalue weighted by Crippen LogP contribution is -1.96. The molecule has 3 aromatic rings. The molecule has 0 saturated carbocycles. The molecule has 2 N–H and O–H groups in total. The van der Waals surface area contributed by atoms with Gasteiger partial charge in [0.05, 0.1) is 24.9 Å². The van der Waals surface area contributed by atoms with Crippen molar-refractivity contribution < 1.29 is 14.6 Å². The van der Waals surface area contributed by atoms with E-state index in [2.05, 4.69) is 31.2 Å². The fourth-order valence-electron chi connectivity index (χ4n) is 2.27. The van der Waals surface area contributed by atoms with Crippen LogP contribution >= 0.6 is 28.1 Å². The number of rotatable bonds is 5. The first-order valence-corrected chi connectivity index (χ1v) is 8.66. The Hall–Kier alpha value is -2.65. The van der Waals surface area contributed by atoms with Crippen LogP contribution in [0.15, 0.2) is 46.0 Å². The molecule has 0 unspecified atom stereocenters.